The molecule has 2 heterocycles. The van der Waals surface area contributed by atoms with Gasteiger partial charge in [0.15, 0.2) is 9.75 Å². The number of nitrogens with zero attached hydrogens (tertiary/aromatic N) is 2. The lowest BCUT2D eigenvalue weighted by Crippen LogP contribution is -2.60. The Morgan fingerprint density at radius 2 is 1.66 bits per heavy atom. The maximum Gasteiger partial charge on any atom is 0.258 e. The Labute approximate surface area is 227 Å². The lowest BCUT2D eigenvalue weighted by Gasteiger charge is -2.50. The van der Waals surface area contributed by atoms with Crippen LogP contribution in [0.3, 0.4) is 0 Å². The fraction of sp³-hybridized carbons (Fsp3) is 0.357. The molecule has 6 rings (SSSR count). The Morgan fingerprint density at radius 1 is 0.974 bits per heavy atom. The van der Waals surface area contributed by atoms with Gasteiger partial charge in [-0.3, -0.25) is 24.1 Å². The van der Waals surface area contributed by atoms with Crippen LogP contribution >= 0.6 is 23.2 Å². The van der Waals surface area contributed by atoms with Crippen LogP contribution in [0.15, 0.2) is 60.2 Å². The molecular formula is C28H23Cl2FN2O5. The summed E-state index contributed by atoms with van der Waals surface area (Å²) < 4.78 is 13.7. The number of benzene rings is 2. The van der Waals surface area contributed by atoms with Crippen molar-refractivity contribution in [2.24, 2.45) is 17.8 Å². The highest BCUT2D eigenvalue weighted by molar-refractivity contribution is 6.58. The smallest absolute Gasteiger partial charge is 0.258 e. The topological polar surface area (TPSA) is 95.0 Å². The summed E-state index contributed by atoms with van der Waals surface area (Å²) >= 11 is 14.4. The molecule has 2 aliphatic heterocycles. The van der Waals surface area contributed by atoms with Crippen LogP contribution in [0.2, 0.25) is 0 Å². The highest BCUT2D eigenvalue weighted by atomic mass is 35.5. The predicted molar refractivity (Wildman–Crippen MR) is 137 cm³/mol. The summed E-state index contributed by atoms with van der Waals surface area (Å²) in [5, 5.41) is 10.9. The normalized spacial score (nSPS) is 34.3. The lowest BCUT2D eigenvalue weighted by atomic mass is 9.56. The standard InChI is InChI=1S/C28H23Cl2FN2O5/c1-2-32-23(35)18-12-11-16-19(21(18)24(32)36)13-27(29)25(37)33(15-9-7-14(31)8-10-15)26(38)28(27,30)22(16)17-5-3-4-6-20(17)34/h3-11,18-19,21-22,34H,2,12-13H2,1H3. The molecule has 0 bridgehead atoms. The number of phenolic OH excluding ortho intramolecular Hbond substituents is 1. The Kier molecular flexibility index (Phi) is 5.53. The molecular weight excluding hydrogens is 534 g/mol. The van der Waals surface area contributed by atoms with Crippen LogP contribution < -0.4 is 4.90 Å². The van der Waals surface area contributed by atoms with Gasteiger partial charge in [0.05, 0.1) is 17.5 Å². The van der Waals surface area contributed by atoms with Crippen molar-refractivity contribution in [1.82, 2.24) is 4.90 Å². The predicted octanol–water partition coefficient (Wildman–Crippen LogP) is 4.11. The molecule has 4 aliphatic rings. The number of alkyl halides is 2. The van der Waals surface area contributed by atoms with Crippen molar-refractivity contribution in [3.05, 3.63) is 71.6 Å². The van der Waals surface area contributed by atoms with E-state index in [0.717, 1.165) is 17.0 Å². The zero-order valence-electron chi connectivity index (χ0n) is 20.2. The second-order valence-corrected chi connectivity index (χ2v) is 11.5. The summed E-state index contributed by atoms with van der Waals surface area (Å²) in [7, 11) is 0. The zero-order valence-corrected chi connectivity index (χ0v) is 21.7. The Morgan fingerprint density at radius 3 is 2.32 bits per heavy atom. The second kappa shape index (κ2) is 8.38. The third-order valence-electron chi connectivity index (χ3n) is 8.55. The summed E-state index contributed by atoms with van der Waals surface area (Å²) in [6, 6.07) is 11.2. The minimum atomic E-state index is -2.07. The highest BCUT2D eigenvalue weighted by Gasteiger charge is 2.76. The van der Waals surface area contributed by atoms with Crippen molar-refractivity contribution in [2.45, 2.75) is 35.4 Å². The third kappa shape index (κ3) is 3.01. The Hall–Kier alpha value is -3.23. The van der Waals surface area contributed by atoms with Gasteiger partial charge in [0, 0.05) is 18.0 Å². The van der Waals surface area contributed by atoms with Gasteiger partial charge in [0.2, 0.25) is 11.8 Å². The molecule has 196 valence electrons. The number of hydrogen-bond donors (Lipinski definition) is 1. The third-order valence-corrected chi connectivity index (χ3v) is 9.96. The SMILES string of the molecule is CCN1C(=O)C2CC=C3C(CC4(Cl)C(=O)N(c5ccc(F)cc5)C(=O)C4(Cl)C3c3ccccc3O)C2C1=O. The number of rotatable bonds is 3. The quantitative estimate of drug-likeness (QED) is 0.348. The van der Waals surface area contributed by atoms with Crippen molar-refractivity contribution in [3.63, 3.8) is 0 Å². The number of aromatic hydroxyl groups is 1. The fourth-order valence-corrected chi connectivity index (χ4v) is 7.78. The van der Waals surface area contributed by atoms with E-state index >= 15 is 0 Å². The first-order valence-corrected chi connectivity index (χ1v) is 13.2. The van der Waals surface area contributed by atoms with Crippen molar-refractivity contribution in [2.75, 3.05) is 11.4 Å². The van der Waals surface area contributed by atoms with Crippen molar-refractivity contribution < 1.29 is 28.7 Å². The molecule has 1 N–H and O–H groups in total. The monoisotopic (exact) mass is 556 g/mol. The molecule has 2 aliphatic carbocycles. The number of likely N-dealkylation sites (tertiary alicyclic amines) is 1. The molecule has 0 spiro atoms. The first-order valence-electron chi connectivity index (χ1n) is 12.4. The van der Waals surface area contributed by atoms with E-state index in [9.17, 15) is 28.7 Å². The first kappa shape index (κ1) is 25.1. The number of para-hydroxylation sites is 1. The van der Waals surface area contributed by atoms with Crippen molar-refractivity contribution in [3.8, 4) is 5.75 Å². The van der Waals surface area contributed by atoms with Gasteiger partial charge in [-0.25, -0.2) is 9.29 Å². The molecule has 6 atom stereocenters. The Bertz CT molecular complexity index is 1440. The van der Waals surface area contributed by atoms with Gasteiger partial charge in [-0.05, 0) is 56.0 Å². The molecule has 2 aromatic carbocycles. The number of fused-ring (bicyclic) bond motifs is 4. The van der Waals surface area contributed by atoms with Gasteiger partial charge in [-0.1, -0.05) is 29.8 Å². The van der Waals surface area contributed by atoms with Crippen LogP contribution in [0.5, 0.6) is 5.75 Å². The van der Waals surface area contributed by atoms with Gasteiger partial charge in [0.1, 0.15) is 11.6 Å². The average Bonchev–Trinajstić information content (AvgIpc) is 3.23. The van der Waals surface area contributed by atoms with E-state index in [1.165, 1.54) is 23.1 Å². The molecule has 3 fully saturated rings. The fourth-order valence-electron chi connectivity index (χ4n) is 6.85. The van der Waals surface area contributed by atoms with E-state index in [-0.39, 0.29) is 48.2 Å². The average molecular weight is 557 g/mol. The van der Waals surface area contributed by atoms with Crippen molar-refractivity contribution in [1.29, 1.82) is 0 Å². The minimum Gasteiger partial charge on any atom is -0.508 e. The highest BCUT2D eigenvalue weighted by Crippen LogP contribution is 2.66. The number of allylic oxidation sites excluding steroid dienone is 2. The molecule has 0 aromatic heterocycles. The summed E-state index contributed by atoms with van der Waals surface area (Å²) in [6.07, 6.45) is 1.91. The maximum atomic E-state index is 14.1. The summed E-state index contributed by atoms with van der Waals surface area (Å²) in [4.78, 5) is 52.6. The van der Waals surface area contributed by atoms with Gasteiger partial charge in [-0.15, -0.1) is 23.2 Å². The zero-order chi connectivity index (χ0) is 27.1. The van der Waals surface area contributed by atoms with E-state index in [4.69, 9.17) is 23.2 Å². The minimum absolute atomic E-state index is 0.103. The summed E-state index contributed by atoms with van der Waals surface area (Å²) in [5.41, 5.74) is 0.986. The number of halogens is 3. The number of carbonyl (C=O) groups excluding carboxylic acids is 4. The van der Waals surface area contributed by atoms with Crippen LogP contribution in [-0.4, -0.2) is 49.9 Å². The van der Waals surface area contributed by atoms with Gasteiger partial charge < -0.3 is 5.11 Å². The Balaban J connectivity index is 1.57. The van der Waals surface area contributed by atoms with E-state index in [1.807, 2.05) is 6.08 Å². The number of phenols is 1. The van der Waals surface area contributed by atoms with Crippen molar-refractivity contribution >= 4 is 52.5 Å². The molecule has 7 nitrogen and oxygen atoms in total. The van der Waals surface area contributed by atoms with E-state index in [2.05, 4.69) is 0 Å². The van der Waals surface area contributed by atoms with E-state index < -0.39 is 51.1 Å². The number of imide groups is 2. The summed E-state index contributed by atoms with van der Waals surface area (Å²) in [5.74, 6) is -6.02. The molecule has 0 radical (unpaired) electrons. The maximum absolute atomic E-state index is 14.1. The first-order chi connectivity index (χ1) is 18.1. The number of carbonyl (C=O) groups is 4. The summed E-state index contributed by atoms with van der Waals surface area (Å²) in [6.45, 7) is 1.94. The van der Waals surface area contributed by atoms with E-state index in [0.29, 0.717) is 5.57 Å². The van der Waals surface area contributed by atoms with Gasteiger partial charge in [0.25, 0.3) is 11.8 Å². The molecule has 10 heteroatoms. The molecule has 1 saturated carbocycles. The van der Waals surface area contributed by atoms with Crippen LogP contribution in [-0.2, 0) is 19.2 Å². The van der Waals surface area contributed by atoms with Crippen LogP contribution in [0, 0.1) is 23.6 Å². The molecule has 2 saturated heterocycles. The molecule has 38 heavy (non-hydrogen) atoms. The molecule has 6 unspecified atom stereocenters. The molecule has 4 amide bonds. The van der Waals surface area contributed by atoms with E-state index in [1.54, 1.807) is 25.1 Å². The number of anilines is 1. The second-order valence-electron chi connectivity index (χ2n) is 10.2. The number of amides is 4. The van der Waals surface area contributed by atoms with Crippen LogP contribution in [0.1, 0.15) is 31.2 Å². The number of hydrogen-bond acceptors (Lipinski definition) is 5. The van der Waals surface area contributed by atoms with Gasteiger partial charge in [-0.2, -0.15) is 0 Å². The van der Waals surface area contributed by atoms with Crippen LogP contribution in [0.25, 0.3) is 0 Å². The largest absolute Gasteiger partial charge is 0.508 e. The lowest BCUT2D eigenvalue weighted by molar-refractivity contribution is -0.140. The van der Waals surface area contributed by atoms with Gasteiger partial charge >= 0.3 is 0 Å². The van der Waals surface area contributed by atoms with Crippen LogP contribution in [0.4, 0.5) is 10.1 Å². The molecule has 2 aromatic rings.